The number of ether oxygens (including phenoxy) is 2. The molecule has 1 atom stereocenters. The first-order chi connectivity index (χ1) is 18.2. The second-order valence-corrected chi connectivity index (χ2v) is 11.0. The van der Waals surface area contributed by atoms with Crippen LogP contribution in [-0.2, 0) is 32.1 Å². The number of amides is 2. The Bertz CT molecular complexity index is 1140. The van der Waals surface area contributed by atoms with Crippen LogP contribution in [0.4, 0.5) is 4.79 Å². The number of thiophene rings is 1. The van der Waals surface area contributed by atoms with Crippen LogP contribution in [0, 0.1) is 0 Å². The minimum Gasteiger partial charge on any atom is -0.458 e. The van der Waals surface area contributed by atoms with Crippen molar-refractivity contribution in [2.45, 2.75) is 64.7 Å². The van der Waals surface area contributed by atoms with Crippen molar-refractivity contribution in [3.8, 4) is 0 Å². The smallest absolute Gasteiger partial charge is 0.408 e. The molecule has 0 unspecified atom stereocenters. The van der Waals surface area contributed by atoms with Crippen molar-refractivity contribution < 1.29 is 23.9 Å². The van der Waals surface area contributed by atoms with Gasteiger partial charge in [0.25, 0.3) is 0 Å². The molecule has 1 aromatic heterocycles. The predicted octanol–water partition coefficient (Wildman–Crippen LogP) is 4.19. The van der Waals surface area contributed by atoms with E-state index in [0.29, 0.717) is 18.8 Å². The minimum absolute atomic E-state index is 0.0832. The van der Waals surface area contributed by atoms with Crippen molar-refractivity contribution >= 4 is 41.3 Å². The number of rotatable bonds is 10. The molecule has 0 aliphatic carbocycles. The molecule has 9 nitrogen and oxygen atoms in total. The fourth-order valence-corrected chi connectivity index (χ4v) is 4.48. The number of carbonyl (C=O) groups excluding carboxylic acids is 3. The molecule has 0 fully saturated rings. The van der Waals surface area contributed by atoms with Crippen LogP contribution in [-0.4, -0.2) is 48.7 Å². The third-order valence-electron chi connectivity index (χ3n) is 5.26. The third kappa shape index (κ3) is 10.8. The van der Waals surface area contributed by atoms with Gasteiger partial charge in [0.05, 0.1) is 0 Å². The first-order valence-electron chi connectivity index (χ1n) is 12.7. The molecule has 2 amide bonds. The van der Waals surface area contributed by atoms with E-state index in [0.717, 1.165) is 34.8 Å². The lowest BCUT2D eigenvalue weighted by molar-refractivity contribution is -0.157. The van der Waals surface area contributed by atoms with Gasteiger partial charge in [0, 0.05) is 35.7 Å². The first-order valence-corrected chi connectivity index (χ1v) is 13.5. The maximum atomic E-state index is 12.8. The average Bonchev–Trinajstić information content (AvgIpc) is 3.32. The summed E-state index contributed by atoms with van der Waals surface area (Å²) in [6, 6.07) is 12.3. The van der Waals surface area contributed by atoms with Gasteiger partial charge >= 0.3 is 12.1 Å². The summed E-state index contributed by atoms with van der Waals surface area (Å²) >= 11 is 1.50. The molecule has 38 heavy (non-hydrogen) atoms. The summed E-state index contributed by atoms with van der Waals surface area (Å²) in [7, 11) is 0. The monoisotopic (exact) mass is 540 g/mol. The molecule has 0 spiro atoms. The van der Waals surface area contributed by atoms with E-state index < -0.39 is 23.7 Å². The van der Waals surface area contributed by atoms with Crippen LogP contribution in [0.5, 0.6) is 0 Å². The molecule has 0 saturated heterocycles. The molecule has 0 radical (unpaired) electrons. The van der Waals surface area contributed by atoms with Gasteiger partial charge in [0.1, 0.15) is 18.2 Å². The Morgan fingerprint density at radius 2 is 1.95 bits per heavy atom. The second kappa shape index (κ2) is 14.3. The lowest BCUT2D eigenvalue weighted by Crippen LogP contribution is -2.45. The number of aliphatic imine (C=N–C) groups is 1. The molecule has 2 heterocycles. The van der Waals surface area contributed by atoms with Gasteiger partial charge in [-0.15, -0.1) is 11.3 Å². The predicted molar refractivity (Wildman–Crippen MR) is 149 cm³/mol. The van der Waals surface area contributed by atoms with Crippen molar-refractivity contribution in [3.05, 3.63) is 63.9 Å². The van der Waals surface area contributed by atoms with Gasteiger partial charge in [-0.3, -0.25) is 15.1 Å². The zero-order valence-corrected chi connectivity index (χ0v) is 22.9. The average molecular weight is 541 g/mol. The lowest BCUT2D eigenvalue weighted by atomic mass is 10.1. The number of nitrogens with one attached hydrogen (secondary N) is 3. The number of guanidine groups is 1. The van der Waals surface area contributed by atoms with Crippen LogP contribution < -0.4 is 16.0 Å². The molecule has 3 N–H and O–H groups in total. The molecule has 0 bridgehead atoms. The van der Waals surface area contributed by atoms with Crippen molar-refractivity contribution in [1.29, 1.82) is 0 Å². The standard InChI is InChI=1S/C28H36N4O5S/c1-28(2,3)37-25(34)23(31-27(35)36-19-20-10-5-4-6-11-20)18-22-15-14-21(38-22)12-7-8-13-24(33)32-26-29-16-9-17-30-26/h4-7,10-12,14-15,23H,8-9,13,16-19H2,1-3H3,(H,31,35)(H2,29,30,32,33)/t23-/m0/s1. The third-order valence-corrected chi connectivity index (χ3v) is 6.33. The van der Waals surface area contributed by atoms with Crippen LogP contribution in [0.3, 0.4) is 0 Å². The summed E-state index contributed by atoms with van der Waals surface area (Å²) in [5, 5.41) is 8.51. The number of alkyl carbamates (subject to hydrolysis) is 1. The van der Waals surface area contributed by atoms with E-state index in [1.807, 2.05) is 54.6 Å². The highest BCUT2D eigenvalue weighted by atomic mass is 32.1. The molecule has 1 aromatic carbocycles. The van der Waals surface area contributed by atoms with Gasteiger partial charge in [-0.1, -0.05) is 36.4 Å². The number of carbonyl (C=O) groups is 3. The summed E-state index contributed by atoms with van der Waals surface area (Å²) in [6.07, 6.45) is 5.38. The zero-order valence-electron chi connectivity index (χ0n) is 22.1. The maximum Gasteiger partial charge on any atom is 0.408 e. The molecule has 1 aliphatic rings. The van der Waals surface area contributed by atoms with Crippen LogP contribution in [0.15, 0.2) is 53.5 Å². The molecular formula is C28H36N4O5S. The molecule has 3 rings (SSSR count). The van der Waals surface area contributed by atoms with E-state index in [1.54, 1.807) is 20.8 Å². The summed E-state index contributed by atoms with van der Waals surface area (Å²) in [5.74, 6) is -0.0620. The highest BCUT2D eigenvalue weighted by molar-refractivity contribution is 7.12. The van der Waals surface area contributed by atoms with Crippen molar-refractivity contribution in [3.63, 3.8) is 0 Å². The summed E-state index contributed by atoms with van der Waals surface area (Å²) in [4.78, 5) is 43.5. The fraction of sp³-hybridized carbons (Fsp3) is 0.429. The van der Waals surface area contributed by atoms with Crippen molar-refractivity contribution in [2.75, 3.05) is 13.1 Å². The Kier molecular flexibility index (Phi) is 10.9. The molecule has 0 saturated carbocycles. The number of nitrogens with zero attached hydrogens (tertiary/aromatic N) is 1. The Balaban J connectivity index is 1.52. The van der Waals surface area contributed by atoms with Gasteiger partial charge in [-0.05, 0) is 57.4 Å². The van der Waals surface area contributed by atoms with E-state index in [-0.39, 0.29) is 18.9 Å². The largest absolute Gasteiger partial charge is 0.458 e. The first kappa shape index (κ1) is 28.9. The molecular weight excluding hydrogens is 504 g/mol. The SMILES string of the molecule is CC(C)(C)OC(=O)[C@H](Cc1ccc(C=CCCC(=O)NC2=NCCCN2)s1)NC(=O)OCc1ccccc1. The summed E-state index contributed by atoms with van der Waals surface area (Å²) < 4.78 is 10.8. The van der Waals surface area contributed by atoms with Crippen molar-refractivity contribution in [1.82, 2.24) is 16.0 Å². The molecule has 1 aliphatic heterocycles. The van der Waals surface area contributed by atoms with Crippen molar-refractivity contribution in [2.24, 2.45) is 4.99 Å². The zero-order chi connectivity index (χ0) is 27.4. The van der Waals surface area contributed by atoms with Crippen LogP contribution in [0.25, 0.3) is 6.08 Å². The fourth-order valence-electron chi connectivity index (χ4n) is 3.49. The normalized spacial score (nSPS) is 14.2. The highest BCUT2D eigenvalue weighted by Crippen LogP contribution is 2.21. The quantitative estimate of drug-likeness (QED) is 0.389. The maximum absolute atomic E-state index is 12.8. The van der Waals surface area contributed by atoms with Gasteiger partial charge in [0.15, 0.2) is 5.96 Å². The van der Waals surface area contributed by atoms with E-state index in [1.165, 1.54) is 11.3 Å². The molecule has 204 valence electrons. The Hall–Kier alpha value is -3.66. The topological polar surface area (TPSA) is 118 Å². The number of allylic oxidation sites excluding steroid dienone is 1. The minimum atomic E-state index is -0.895. The number of esters is 1. The number of hydrogen-bond acceptors (Lipinski definition) is 8. The van der Waals surface area contributed by atoms with Gasteiger partial charge in [-0.25, -0.2) is 9.59 Å². The van der Waals surface area contributed by atoms with Crippen LogP contribution in [0.2, 0.25) is 0 Å². The number of hydrogen-bond donors (Lipinski definition) is 3. The van der Waals surface area contributed by atoms with E-state index in [9.17, 15) is 14.4 Å². The van der Waals surface area contributed by atoms with E-state index in [2.05, 4.69) is 20.9 Å². The van der Waals surface area contributed by atoms with Crippen LogP contribution in [0.1, 0.15) is 55.4 Å². The molecule has 10 heteroatoms. The lowest BCUT2D eigenvalue weighted by Gasteiger charge is -2.24. The van der Waals surface area contributed by atoms with E-state index in [4.69, 9.17) is 9.47 Å². The Morgan fingerprint density at radius 1 is 1.16 bits per heavy atom. The Labute approximate surface area is 227 Å². The second-order valence-electron chi connectivity index (χ2n) is 9.80. The van der Waals surface area contributed by atoms with Crippen LogP contribution >= 0.6 is 11.3 Å². The van der Waals surface area contributed by atoms with Gasteiger partial charge in [0.2, 0.25) is 5.91 Å². The Morgan fingerprint density at radius 3 is 2.66 bits per heavy atom. The summed E-state index contributed by atoms with van der Waals surface area (Å²) in [6.45, 7) is 6.99. The molecule has 2 aromatic rings. The van der Waals surface area contributed by atoms with Gasteiger partial charge in [-0.2, -0.15) is 0 Å². The van der Waals surface area contributed by atoms with E-state index >= 15 is 0 Å². The summed E-state index contributed by atoms with van der Waals surface area (Å²) in [5.41, 5.74) is 0.156. The van der Waals surface area contributed by atoms with Gasteiger partial charge < -0.3 is 20.1 Å². The number of benzene rings is 1. The highest BCUT2D eigenvalue weighted by Gasteiger charge is 2.28.